The van der Waals surface area contributed by atoms with Crippen LogP contribution in [0.4, 0.5) is 5.13 Å². The van der Waals surface area contributed by atoms with Crippen LogP contribution < -0.4 is 11.1 Å². The molecule has 2 heterocycles. The van der Waals surface area contributed by atoms with Crippen molar-refractivity contribution in [3.8, 4) is 11.3 Å². The van der Waals surface area contributed by atoms with Gasteiger partial charge < -0.3 is 11.1 Å². The van der Waals surface area contributed by atoms with E-state index in [0.29, 0.717) is 21.4 Å². The lowest BCUT2D eigenvalue weighted by Crippen LogP contribution is -2.29. The maximum Gasteiger partial charge on any atom is 0.255 e. The zero-order valence-electron chi connectivity index (χ0n) is 14.2. The van der Waals surface area contributed by atoms with Crippen molar-refractivity contribution in [1.29, 1.82) is 0 Å². The first-order chi connectivity index (χ1) is 13.2. The molecule has 8 heteroatoms. The highest BCUT2D eigenvalue weighted by atomic mass is 32.1. The Morgan fingerprint density at radius 1 is 1.04 bits per heavy atom. The maximum atomic E-state index is 13.0. The van der Waals surface area contributed by atoms with Crippen molar-refractivity contribution in [3.63, 3.8) is 0 Å². The normalized spacial score (nSPS) is 11.9. The first-order valence-corrected chi connectivity index (χ1v) is 9.07. The molecule has 134 valence electrons. The molecule has 0 fully saturated rings. The number of nitrogen functional groups attached to an aromatic ring is 1. The first-order valence-electron chi connectivity index (χ1n) is 8.26. The lowest BCUT2D eigenvalue weighted by Gasteiger charge is -2.16. The fraction of sp³-hybridized carbons (Fsp3) is 0.0526. The number of hydrogen-bond donors (Lipinski definition) is 3. The number of aromatic nitrogens is 4. The Bertz CT molecular complexity index is 1040. The Hall–Kier alpha value is -3.52. The zero-order chi connectivity index (χ0) is 18.6. The van der Waals surface area contributed by atoms with Gasteiger partial charge in [-0.2, -0.15) is 5.10 Å². The van der Waals surface area contributed by atoms with Crippen molar-refractivity contribution >= 4 is 22.4 Å². The van der Waals surface area contributed by atoms with Gasteiger partial charge in [0.05, 0.1) is 17.5 Å². The van der Waals surface area contributed by atoms with Crippen molar-refractivity contribution < 1.29 is 4.79 Å². The van der Waals surface area contributed by atoms with E-state index in [9.17, 15) is 4.79 Å². The van der Waals surface area contributed by atoms with Gasteiger partial charge in [0, 0.05) is 5.56 Å². The summed E-state index contributed by atoms with van der Waals surface area (Å²) in [5.74, 6) is -0.259. The van der Waals surface area contributed by atoms with Crippen LogP contribution in [0.25, 0.3) is 11.3 Å². The van der Waals surface area contributed by atoms with Crippen LogP contribution in [0.15, 0.2) is 66.9 Å². The van der Waals surface area contributed by atoms with Crippen molar-refractivity contribution in [2.24, 2.45) is 0 Å². The Morgan fingerprint density at radius 2 is 1.74 bits per heavy atom. The molecule has 1 amide bonds. The molecule has 0 unspecified atom stereocenters. The van der Waals surface area contributed by atoms with Crippen molar-refractivity contribution in [1.82, 2.24) is 25.7 Å². The Kier molecular flexibility index (Phi) is 4.63. The number of nitrogens with one attached hydrogen (secondary N) is 2. The van der Waals surface area contributed by atoms with Crippen LogP contribution in [0.5, 0.6) is 0 Å². The van der Waals surface area contributed by atoms with Gasteiger partial charge >= 0.3 is 0 Å². The average molecular weight is 376 g/mol. The molecule has 4 rings (SSSR count). The highest BCUT2D eigenvalue weighted by Crippen LogP contribution is 2.27. The van der Waals surface area contributed by atoms with Crippen molar-refractivity contribution in [2.45, 2.75) is 6.04 Å². The second-order valence-electron chi connectivity index (χ2n) is 5.82. The van der Waals surface area contributed by atoms with E-state index in [-0.39, 0.29) is 5.91 Å². The van der Waals surface area contributed by atoms with Gasteiger partial charge in [-0.1, -0.05) is 72.0 Å². The molecule has 4 N–H and O–H groups in total. The smallest absolute Gasteiger partial charge is 0.255 e. The summed E-state index contributed by atoms with van der Waals surface area (Å²) in [5, 5.41) is 18.9. The van der Waals surface area contributed by atoms with E-state index in [2.05, 4.69) is 25.7 Å². The minimum absolute atomic E-state index is 0.259. The Labute approximate surface area is 159 Å². The number of nitrogens with two attached hydrogens (primary N) is 1. The molecule has 1 atom stereocenters. The monoisotopic (exact) mass is 376 g/mol. The molecular weight excluding hydrogens is 360 g/mol. The highest BCUT2D eigenvalue weighted by Gasteiger charge is 2.24. The quantitative estimate of drug-likeness (QED) is 0.496. The van der Waals surface area contributed by atoms with E-state index in [1.165, 1.54) is 17.5 Å². The number of anilines is 1. The predicted octanol–water partition coefficient (Wildman–Crippen LogP) is 3.03. The summed E-state index contributed by atoms with van der Waals surface area (Å²) in [6, 6.07) is 18.7. The molecule has 0 bridgehead atoms. The van der Waals surface area contributed by atoms with Crippen LogP contribution >= 0.6 is 11.3 Å². The summed E-state index contributed by atoms with van der Waals surface area (Å²) in [7, 11) is 0. The minimum atomic E-state index is -0.452. The maximum absolute atomic E-state index is 13.0. The van der Waals surface area contributed by atoms with Gasteiger partial charge in [0.1, 0.15) is 11.0 Å². The van der Waals surface area contributed by atoms with Crippen LogP contribution in [0, 0.1) is 0 Å². The number of carbonyl (C=O) groups is 1. The number of nitrogens with zero attached hydrogens (tertiary/aromatic N) is 3. The fourth-order valence-corrected chi connectivity index (χ4v) is 3.48. The molecule has 0 aliphatic rings. The van der Waals surface area contributed by atoms with E-state index < -0.39 is 6.04 Å². The third kappa shape index (κ3) is 3.56. The molecule has 0 spiro atoms. The molecular formula is C19H16N6OS. The van der Waals surface area contributed by atoms with Gasteiger partial charge in [-0.3, -0.25) is 9.89 Å². The topological polar surface area (TPSA) is 110 Å². The second-order valence-corrected chi connectivity index (χ2v) is 6.86. The predicted molar refractivity (Wildman–Crippen MR) is 104 cm³/mol. The highest BCUT2D eigenvalue weighted by molar-refractivity contribution is 7.15. The number of benzene rings is 2. The standard InChI is InChI=1S/C19H16N6OS/c20-19-25-24-18(27-19)16(13-9-5-2-6-10-13)22-17(26)14-11-21-23-15(14)12-7-3-1-4-8-12/h1-11,16H,(H2,20,25)(H,21,23)(H,22,26)/t16-/m1/s1. The van der Waals surface area contributed by atoms with E-state index in [1.54, 1.807) is 0 Å². The average Bonchev–Trinajstić information content (AvgIpc) is 3.36. The lowest BCUT2D eigenvalue weighted by molar-refractivity contribution is 0.0943. The fourth-order valence-electron chi connectivity index (χ4n) is 2.79. The van der Waals surface area contributed by atoms with Crippen LogP contribution in [0.3, 0.4) is 0 Å². The van der Waals surface area contributed by atoms with Gasteiger partial charge in [-0.15, -0.1) is 10.2 Å². The molecule has 0 aliphatic carbocycles. The van der Waals surface area contributed by atoms with Crippen molar-refractivity contribution in [2.75, 3.05) is 5.73 Å². The van der Waals surface area contributed by atoms with Crippen molar-refractivity contribution in [3.05, 3.63) is 83.0 Å². The Morgan fingerprint density at radius 3 is 2.41 bits per heavy atom. The summed E-state index contributed by atoms with van der Waals surface area (Å²) in [5.41, 5.74) is 8.64. The van der Waals surface area contributed by atoms with Crippen LogP contribution in [-0.2, 0) is 0 Å². The summed E-state index contributed by atoms with van der Waals surface area (Å²) in [4.78, 5) is 13.0. The molecule has 0 saturated heterocycles. The number of rotatable bonds is 5. The summed E-state index contributed by atoms with van der Waals surface area (Å²) in [6.45, 7) is 0. The summed E-state index contributed by atoms with van der Waals surface area (Å²) < 4.78 is 0. The van der Waals surface area contributed by atoms with E-state index in [1.807, 2.05) is 60.7 Å². The van der Waals surface area contributed by atoms with Gasteiger partial charge in [0.2, 0.25) is 5.13 Å². The van der Waals surface area contributed by atoms with E-state index in [4.69, 9.17) is 5.73 Å². The summed E-state index contributed by atoms with van der Waals surface area (Å²) in [6.07, 6.45) is 1.52. The second kappa shape index (κ2) is 7.38. The number of hydrogen-bond acceptors (Lipinski definition) is 6. The molecule has 4 aromatic rings. The van der Waals surface area contributed by atoms with Crippen LogP contribution in [0.1, 0.15) is 27.0 Å². The van der Waals surface area contributed by atoms with E-state index in [0.717, 1.165) is 11.1 Å². The third-order valence-electron chi connectivity index (χ3n) is 4.06. The molecule has 7 nitrogen and oxygen atoms in total. The number of carbonyl (C=O) groups excluding carboxylic acids is 1. The number of H-pyrrole nitrogens is 1. The summed E-state index contributed by atoms with van der Waals surface area (Å²) >= 11 is 1.25. The molecule has 0 aliphatic heterocycles. The minimum Gasteiger partial charge on any atom is -0.374 e. The number of amides is 1. The van der Waals surface area contributed by atoms with Gasteiger partial charge in [0.25, 0.3) is 5.91 Å². The SMILES string of the molecule is Nc1nnc([C@H](NC(=O)c2cn[nH]c2-c2ccccc2)c2ccccc2)s1. The first kappa shape index (κ1) is 16.9. The van der Waals surface area contributed by atoms with Gasteiger partial charge in [0.15, 0.2) is 0 Å². The third-order valence-corrected chi connectivity index (χ3v) is 4.88. The van der Waals surface area contributed by atoms with Gasteiger partial charge in [-0.05, 0) is 5.56 Å². The Balaban J connectivity index is 1.67. The molecule has 2 aromatic heterocycles. The lowest BCUT2D eigenvalue weighted by atomic mass is 10.1. The molecule has 27 heavy (non-hydrogen) atoms. The molecule has 0 saturated carbocycles. The molecule has 0 radical (unpaired) electrons. The van der Waals surface area contributed by atoms with Crippen LogP contribution in [-0.4, -0.2) is 26.3 Å². The molecule has 2 aromatic carbocycles. The van der Waals surface area contributed by atoms with E-state index >= 15 is 0 Å². The largest absolute Gasteiger partial charge is 0.374 e. The van der Waals surface area contributed by atoms with Crippen LogP contribution in [0.2, 0.25) is 0 Å². The number of aromatic amines is 1. The zero-order valence-corrected chi connectivity index (χ0v) is 15.0. The van der Waals surface area contributed by atoms with Gasteiger partial charge in [-0.25, -0.2) is 0 Å².